The number of benzene rings is 1. The molecule has 9 nitrogen and oxygen atoms in total. The molecule has 1 aliphatic rings. The molecule has 0 fully saturated rings. The number of carbonyl (C=O) groups excluding carboxylic acids is 1. The van der Waals surface area contributed by atoms with Crippen LogP contribution in [0.5, 0.6) is 5.75 Å². The summed E-state index contributed by atoms with van der Waals surface area (Å²) in [7, 11) is 1.50. The number of rotatable bonds is 5. The van der Waals surface area contributed by atoms with E-state index in [1.54, 1.807) is 5.38 Å². The van der Waals surface area contributed by atoms with Crippen LogP contribution in [0.15, 0.2) is 36.0 Å². The summed E-state index contributed by atoms with van der Waals surface area (Å²) in [6.45, 7) is 1.91. The Bertz CT molecular complexity index is 1370. The summed E-state index contributed by atoms with van der Waals surface area (Å²) < 4.78 is 5.33. The van der Waals surface area contributed by atoms with E-state index >= 15 is 0 Å². The van der Waals surface area contributed by atoms with Crippen LogP contribution in [0.1, 0.15) is 22.6 Å². The van der Waals surface area contributed by atoms with Crippen LogP contribution in [-0.2, 0) is 12.8 Å². The van der Waals surface area contributed by atoms with E-state index in [2.05, 4.69) is 48.2 Å². The number of aryl methyl sites for hydroxylation is 3. The van der Waals surface area contributed by atoms with Gasteiger partial charge in [-0.3, -0.25) is 5.10 Å². The first-order chi connectivity index (χ1) is 16.5. The van der Waals surface area contributed by atoms with Gasteiger partial charge in [0.2, 0.25) is 5.95 Å². The van der Waals surface area contributed by atoms with Gasteiger partial charge < -0.3 is 20.7 Å². The lowest BCUT2D eigenvalue weighted by molar-refractivity contribution is 0.203. The molecule has 0 atom stereocenters. The number of carbonyl (C=O) groups is 1. The van der Waals surface area contributed by atoms with Crippen molar-refractivity contribution >= 4 is 52.2 Å². The van der Waals surface area contributed by atoms with Gasteiger partial charge in [-0.05, 0) is 49.4 Å². The van der Waals surface area contributed by atoms with E-state index in [4.69, 9.17) is 16.3 Å². The van der Waals surface area contributed by atoms with Crippen molar-refractivity contribution in [2.75, 3.05) is 17.7 Å². The highest BCUT2D eigenvalue weighted by molar-refractivity contribution is 7.10. The quantitative estimate of drug-likeness (QED) is 0.285. The Morgan fingerprint density at radius 2 is 2.09 bits per heavy atom. The van der Waals surface area contributed by atoms with Gasteiger partial charge in [0.25, 0.3) is 0 Å². The standard InChI is InChI=1S/C23H22ClN7O2S/c1-12-20(19(11-34-12)33-23(32)25-2)29-21-17(24)10-26-22(30-21)28-14-7-6-13-4-3-5-18-16(9-27-31-18)15(13)8-14/h6-11H,3-5H2,1-2H3,(H,25,32)(H,27,31)(H2,26,28,29,30). The Labute approximate surface area is 204 Å². The number of hydrogen-bond donors (Lipinski definition) is 4. The monoisotopic (exact) mass is 495 g/mol. The maximum atomic E-state index is 11.7. The molecule has 0 saturated heterocycles. The largest absolute Gasteiger partial charge is 0.412 e. The fraction of sp³-hybridized carbons (Fsp3) is 0.217. The Balaban J connectivity index is 1.41. The zero-order chi connectivity index (χ0) is 23.7. The van der Waals surface area contributed by atoms with E-state index in [1.165, 1.54) is 30.1 Å². The zero-order valence-corrected chi connectivity index (χ0v) is 20.1. The Morgan fingerprint density at radius 3 is 2.94 bits per heavy atom. The number of halogens is 1. The number of anilines is 4. The number of H-pyrrole nitrogens is 1. The minimum atomic E-state index is -0.555. The van der Waals surface area contributed by atoms with Crippen LogP contribution in [0.2, 0.25) is 5.02 Å². The van der Waals surface area contributed by atoms with Gasteiger partial charge >= 0.3 is 6.09 Å². The molecule has 3 aromatic heterocycles. The molecule has 0 spiro atoms. The van der Waals surface area contributed by atoms with Crippen LogP contribution in [-0.4, -0.2) is 33.3 Å². The van der Waals surface area contributed by atoms with E-state index < -0.39 is 6.09 Å². The predicted octanol–water partition coefficient (Wildman–Crippen LogP) is 5.58. The number of aromatic nitrogens is 4. The van der Waals surface area contributed by atoms with Crippen LogP contribution in [0.3, 0.4) is 0 Å². The maximum absolute atomic E-state index is 11.7. The molecule has 0 saturated carbocycles. The van der Waals surface area contributed by atoms with E-state index in [0.717, 1.165) is 46.6 Å². The highest BCUT2D eigenvalue weighted by Gasteiger charge is 2.18. The number of nitrogens with zero attached hydrogens (tertiary/aromatic N) is 3. The lowest BCUT2D eigenvalue weighted by Gasteiger charge is -2.13. The number of fused-ring (bicyclic) bond motifs is 3. The highest BCUT2D eigenvalue weighted by atomic mass is 35.5. The number of nitrogens with one attached hydrogen (secondary N) is 4. The molecule has 0 radical (unpaired) electrons. The van der Waals surface area contributed by atoms with Gasteiger partial charge in [-0.1, -0.05) is 17.7 Å². The summed E-state index contributed by atoms with van der Waals surface area (Å²) in [5.74, 6) is 1.18. The van der Waals surface area contributed by atoms with Crippen molar-refractivity contribution in [1.82, 2.24) is 25.5 Å². The summed E-state index contributed by atoms with van der Waals surface area (Å²) >= 11 is 7.82. The molecule has 0 bridgehead atoms. The van der Waals surface area contributed by atoms with Gasteiger partial charge in [-0.25, -0.2) is 9.78 Å². The first kappa shape index (κ1) is 22.2. The lowest BCUT2D eigenvalue weighted by atomic mass is 10.00. The first-order valence-electron chi connectivity index (χ1n) is 10.7. The van der Waals surface area contributed by atoms with Crippen molar-refractivity contribution in [3.05, 3.63) is 57.1 Å². The SMILES string of the molecule is CNC(=O)Oc1csc(C)c1Nc1nc(Nc2ccc3c(c2)-c2cn[nH]c2CCC3)ncc1Cl. The van der Waals surface area contributed by atoms with Crippen LogP contribution in [0.4, 0.5) is 27.9 Å². The number of aromatic amines is 1. The molecule has 174 valence electrons. The Kier molecular flexibility index (Phi) is 6.08. The summed E-state index contributed by atoms with van der Waals surface area (Å²) in [4.78, 5) is 21.5. The van der Waals surface area contributed by atoms with Gasteiger partial charge in [-0.2, -0.15) is 10.1 Å². The third-order valence-corrected chi connectivity index (χ3v) is 6.75. The molecular weight excluding hydrogens is 474 g/mol. The molecule has 34 heavy (non-hydrogen) atoms. The van der Waals surface area contributed by atoms with Crippen LogP contribution < -0.4 is 20.7 Å². The van der Waals surface area contributed by atoms with Crippen molar-refractivity contribution in [1.29, 1.82) is 0 Å². The van der Waals surface area contributed by atoms with Crippen molar-refractivity contribution in [3.8, 4) is 16.9 Å². The van der Waals surface area contributed by atoms with E-state index in [0.29, 0.717) is 28.2 Å². The smallest absolute Gasteiger partial charge is 0.407 e. The van der Waals surface area contributed by atoms with Crippen molar-refractivity contribution < 1.29 is 9.53 Å². The van der Waals surface area contributed by atoms with Gasteiger partial charge in [-0.15, -0.1) is 11.3 Å². The molecule has 1 aliphatic carbocycles. The van der Waals surface area contributed by atoms with E-state index in [-0.39, 0.29) is 0 Å². The van der Waals surface area contributed by atoms with Crippen LogP contribution in [0, 0.1) is 6.92 Å². The highest BCUT2D eigenvalue weighted by Crippen LogP contribution is 2.38. The molecule has 5 rings (SSSR count). The molecule has 11 heteroatoms. The van der Waals surface area contributed by atoms with Crippen molar-refractivity contribution in [3.63, 3.8) is 0 Å². The third kappa shape index (κ3) is 4.42. The van der Waals surface area contributed by atoms with E-state index in [1.807, 2.05) is 19.2 Å². The van der Waals surface area contributed by atoms with Gasteiger partial charge in [0.05, 0.1) is 18.1 Å². The van der Waals surface area contributed by atoms with Crippen molar-refractivity contribution in [2.24, 2.45) is 0 Å². The lowest BCUT2D eigenvalue weighted by Crippen LogP contribution is -2.22. The summed E-state index contributed by atoms with van der Waals surface area (Å²) in [5, 5.41) is 18.3. The second kappa shape index (κ2) is 9.32. The molecule has 3 heterocycles. The van der Waals surface area contributed by atoms with Crippen molar-refractivity contribution in [2.45, 2.75) is 26.2 Å². The number of thiophene rings is 1. The molecular formula is C23H22ClN7O2S. The zero-order valence-electron chi connectivity index (χ0n) is 18.5. The van der Waals surface area contributed by atoms with Gasteiger partial charge in [0.15, 0.2) is 11.6 Å². The number of amides is 1. The predicted molar refractivity (Wildman–Crippen MR) is 134 cm³/mol. The molecule has 1 aromatic carbocycles. The fourth-order valence-corrected chi connectivity index (χ4v) is 4.74. The molecule has 1 amide bonds. The molecule has 4 aromatic rings. The molecule has 4 N–H and O–H groups in total. The minimum absolute atomic E-state index is 0.340. The first-order valence-corrected chi connectivity index (χ1v) is 12.0. The van der Waals surface area contributed by atoms with Gasteiger partial charge in [0, 0.05) is 34.2 Å². The van der Waals surface area contributed by atoms with Gasteiger partial charge in [0.1, 0.15) is 5.02 Å². The molecule has 0 unspecified atom stereocenters. The number of ether oxygens (including phenoxy) is 1. The number of hydrogen-bond acceptors (Lipinski definition) is 8. The Hall–Kier alpha value is -3.63. The second-order valence-electron chi connectivity index (χ2n) is 7.80. The average Bonchev–Trinajstić information content (AvgIpc) is 3.39. The maximum Gasteiger partial charge on any atom is 0.412 e. The average molecular weight is 496 g/mol. The summed E-state index contributed by atoms with van der Waals surface area (Å²) in [6.07, 6.45) is 5.93. The van der Waals surface area contributed by atoms with Crippen LogP contribution in [0.25, 0.3) is 11.1 Å². The second-order valence-corrected chi connectivity index (χ2v) is 9.29. The summed E-state index contributed by atoms with van der Waals surface area (Å²) in [5.41, 5.74) is 6.22. The Morgan fingerprint density at radius 1 is 1.21 bits per heavy atom. The van der Waals surface area contributed by atoms with Crippen LogP contribution >= 0.6 is 22.9 Å². The van der Waals surface area contributed by atoms with E-state index in [9.17, 15) is 4.79 Å². The fourth-order valence-electron chi connectivity index (χ4n) is 3.89. The summed E-state index contributed by atoms with van der Waals surface area (Å²) in [6, 6.07) is 6.25. The topological polar surface area (TPSA) is 117 Å². The normalized spacial score (nSPS) is 12.3. The third-order valence-electron chi connectivity index (χ3n) is 5.58. The molecule has 0 aliphatic heterocycles. The minimum Gasteiger partial charge on any atom is -0.407 e.